The Morgan fingerprint density at radius 1 is 1.10 bits per heavy atom. The van der Waals surface area contributed by atoms with Crippen LogP contribution in [0.15, 0.2) is 41.2 Å². The average molecular weight is 426 g/mol. The van der Waals surface area contributed by atoms with E-state index in [-0.39, 0.29) is 36.7 Å². The molecule has 0 saturated carbocycles. The maximum atomic E-state index is 13.7. The van der Waals surface area contributed by atoms with E-state index in [9.17, 15) is 27.2 Å². The zero-order chi connectivity index (χ0) is 22.2. The molecule has 1 aromatic carbocycles. The number of amides is 1. The van der Waals surface area contributed by atoms with Gasteiger partial charge in [-0.25, -0.2) is 0 Å². The molecule has 6 nitrogen and oxygen atoms in total. The van der Waals surface area contributed by atoms with E-state index in [1.54, 1.807) is 23.1 Å². The van der Waals surface area contributed by atoms with E-state index in [2.05, 4.69) is 0 Å². The summed E-state index contributed by atoms with van der Waals surface area (Å²) in [5.74, 6) is -1.83. The van der Waals surface area contributed by atoms with Gasteiger partial charge in [0.15, 0.2) is 0 Å². The highest BCUT2D eigenvalue weighted by molar-refractivity contribution is 6.00. The number of carbonyl (C=O) groups is 1. The van der Waals surface area contributed by atoms with Gasteiger partial charge in [-0.2, -0.15) is 18.7 Å². The van der Waals surface area contributed by atoms with Crippen LogP contribution in [0.2, 0.25) is 0 Å². The number of carbonyl (C=O) groups excluding carboxylic acids is 1. The van der Waals surface area contributed by atoms with Crippen molar-refractivity contribution in [3.63, 3.8) is 0 Å². The van der Waals surface area contributed by atoms with Crippen molar-refractivity contribution >= 4 is 11.7 Å². The van der Waals surface area contributed by atoms with E-state index in [4.69, 9.17) is 0 Å². The fraction of sp³-hybridized carbons (Fsp3) is 0.400. The zero-order valence-electron chi connectivity index (χ0n) is 16.7. The van der Waals surface area contributed by atoms with E-state index in [1.165, 1.54) is 12.1 Å². The van der Waals surface area contributed by atoms with Crippen molar-refractivity contribution in [3.05, 3.63) is 57.9 Å². The van der Waals surface area contributed by atoms with Crippen molar-refractivity contribution in [1.29, 1.82) is 0 Å². The minimum atomic E-state index is -5.02. The van der Waals surface area contributed by atoms with Gasteiger partial charge < -0.3 is 4.90 Å². The zero-order valence-corrected chi connectivity index (χ0v) is 16.7. The van der Waals surface area contributed by atoms with Crippen LogP contribution in [0.25, 0.3) is 5.69 Å². The highest BCUT2D eigenvalue weighted by Crippen LogP contribution is 2.37. The maximum absolute atomic E-state index is 13.7. The molecule has 10 heteroatoms. The SMILES string of the molecule is CC1CN(c2c(C(=O)NF)c(C(F)(F)F)cc(=O)n2-c2ccccc2)CC(C)N1C. The largest absolute Gasteiger partial charge is 0.417 e. The lowest BCUT2D eigenvalue weighted by Gasteiger charge is -2.44. The van der Waals surface area contributed by atoms with Crippen LogP contribution in [0, 0.1) is 0 Å². The van der Waals surface area contributed by atoms with Crippen molar-refractivity contribution < 1.29 is 22.4 Å². The second-order valence-corrected chi connectivity index (χ2v) is 7.46. The summed E-state index contributed by atoms with van der Waals surface area (Å²) >= 11 is 0. The molecule has 1 aromatic heterocycles. The predicted octanol–water partition coefficient (Wildman–Crippen LogP) is 3.00. The standard InChI is InChI=1S/C20H22F4N4O2/c1-12-10-27(11-13(2)26(12)3)19-17(18(30)25-24)15(20(21,22)23)9-16(29)28(19)14-7-5-4-6-8-14/h4-9,12-13H,10-11H2,1-3H3,(H,25,30). The Labute approximate surface area is 170 Å². The molecule has 30 heavy (non-hydrogen) atoms. The smallest absolute Gasteiger partial charge is 0.354 e. The molecule has 162 valence electrons. The summed E-state index contributed by atoms with van der Waals surface area (Å²) in [6.07, 6.45) is -5.02. The van der Waals surface area contributed by atoms with Gasteiger partial charge in [-0.05, 0) is 33.0 Å². The van der Waals surface area contributed by atoms with E-state index >= 15 is 0 Å². The topological polar surface area (TPSA) is 57.6 Å². The maximum Gasteiger partial charge on any atom is 0.417 e. The molecule has 0 radical (unpaired) electrons. The second-order valence-electron chi connectivity index (χ2n) is 7.46. The van der Waals surface area contributed by atoms with E-state index in [1.807, 2.05) is 25.8 Å². The first-order valence-electron chi connectivity index (χ1n) is 9.36. The Balaban J connectivity index is 2.39. The Bertz CT molecular complexity index is 979. The van der Waals surface area contributed by atoms with Gasteiger partial charge in [0.1, 0.15) is 5.82 Å². The molecule has 2 aromatic rings. The summed E-state index contributed by atoms with van der Waals surface area (Å²) in [5, 5.41) is 0. The van der Waals surface area contributed by atoms with Crippen LogP contribution in [-0.2, 0) is 6.18 Å². The number of alkyl halides is 3. The Hall–Kier alpha value is -2.88. The first kappa shape index (κ1) is 21.8. The van der Waals surface area contributed by atoms with E-state index < -0.39 is 28.8 Å². The highest BCUT2D eigenvalue weighted by atomic mass is 19.4. The number of anilines is 1. The normalized spacial score (nSPS) is 20.3. The van der Waals surface area contributed by atoms with Crippen LogP contribution in [0.4, 0.5) is 23.5 Å². The Morgan fingerprint density at radius 3 is 2.17 bits per heavy atom. The van der Waals surface area contributed by atoms with Crippen molar-refractivity contribution in [2.24, 2.45) is 0 Å². The minimum absolute atomic E-state index is 0.0797. The van der Waals surface area contributed by atoms with Crippen molar-refractivity contribution in [2.45, 2.75) is 32.1 Å². The number of nitrogens with one attached hydrogen (secondary N) is 1. The van der Waals surface area contributed by atoms with Gasteiger partial charge in [0.05, 0.1) is 16.8 Å². The van der Waals surface area contributed by atoms with Crippen LogP contribution < -0.4 is 16.0 Å². The van der Waals surface area contributed by atoms with Gasteiger partial charge in [-0.3, -0.25) is 19.1 Å². The molecule has 1 N–H and O–H groups in total. The molecular weight excluding hydrogens is 404 g/mol. The summed E-state index contributed by atoms with van der Waals surface area (Å²) in [4.78, 5) is 28.8. The molecule has 2 heterocycles. The summed E-state index contributed by atoms with van der Waals surface area (Å²) in [6, 6.07) is 8.18. The van der Waals surface area contributed by atoms with Gasteiger partial charge in [-0.15, -0.1) is 0 Å². The quantitative estimate of drug-likeness (QED) is 0.606. The fourth-order valence-corrected chi connectivity index (χ4v) is 3.79. The number of piperazine rings is 1. The molecule has 1 amide bonds. The number of hydrogen-bond acceptors (Lipinski definition) is 4. The van der Waals surface area contributed by atoms with Crippen LogP contribution in [0.3, 0.4) is 0 Å². The summed E-state index contributed by atoms with van der Waals surface area (Å²) < 4.78 is 55.4. The van der Waals surface area contributed by atoms with E-state index in [0.29, 0.717) is 6.07 Å². The molecule has 1 saturated heterocycles. The van der Waals surface area contributed by atoms with Crippen molar-refractivity contribution in [3.8, 4) is 5.69 Å². The number of aromatic nitrogens is 1. The number of pyridine rings is 1. The Morgan fingerprint density at radius 2 is 1.67 bits per heavy atom. The van der Waals surface area contributed by atoms with Gasteiger partial charge in [0.25, 0.3) is 11.5 Å². The number of hydrogen-bond donors (Lipinski definition) is 1. The molecule has 1 aliphatic heterocycles. The van der Waals surface area contributed by atoms with Crippen molar-refractivity contribution in [2.75, 3.05) is 25.0 Å². The third-order valence-corrected chi connectivity index (χ3v) is 5.48. The van der Waals surface area contributed by atoms with Crippen molar-refractivity contribution in [1.82, 2.24) is 15.0 Å². The van der Waals surface area contributed by atoms with Gasteiger partial charge in [0, 0.05) is 31.2 Å². The molecule has 2 atom stereocenters. The number of likely N-dealkylation sites (N-methyl/N-ethyl adjacent to an activating group) is 1. The number of para-hydroxylation sites is 1. The lowest BCUT2D eigenvalue weighted by Crippen LogP contribution is -2.56. The van der Waals surface area contributed by atoms with Gasteiger partial charge >= 0.3 is 6.18 Å². The number of rotatable bonds is 3. The molecular formula is C20H22F4N4O2. The third-order valence-electron chi connectivity index (χ3n) is 5.48. The lowest BCUT2D eigenvalue weighted by atomic mass is 10.0. The molecule has 0 spiro atoms. The fourth-order valence-electron chi connectivity index (χ4n) is 3.79. The summed E-state index contributed by atoms with van der Waals surface area (Å²) in [7, 11) is 1.89. The van der Waals surface area contributed by atoms with Crippen LogP contribution in [-0.4, -0.2) is 47.6 Å². The molecule has 3 rings (SSSR count). The molecule has 1 fully saturated rings. The predicted molar refractivity (Wildman–Crippen MR) is 105 cm³/mol. The van der Waals surface area contributed by atoms with Crippen LogP contribution in [0.1, 0.15) is 29.8 Å². The van der Waals surface area contributed by atoms with Gasteiger partial charge in [0.2, 0.25) is 0 Å². The molecule has 1 aliphatic rings. The number of benzene rings is 1. The molecule has 2 unspecified atom stereocenters. The van der Waals surface area contributed by atoms with Gasteiger partial charge in [-0.1, -0.05) is 22.7 Å². The average Bonchev–Trinajstić information content (AvgIpc) is 2.70. The second kappa shape index (κ2) is 8.10. The first-order chi connectivity index (χ1) is 14.1. The molecule has 0 aliphatic carbocycles. The summed E-state index contributed by atoms with van der Waals surface area (Å²) in [5.41, 5.74) is -2.26. The first-order valence-corrected chi connectivity index (χ1v) is 9.36. The minimum Gasteiger partial charge on any atom is -0.354 e. The highest BCUT2D eigenvalue weighted by Gasteiger charge is 2.41. The van der Waals surface area contributed by atoms with Crippen LogP contribution in [0.5, 0.6) is 0 Å². The third kappa shape index (κ3) is 3.91. The molecule has 0 bridgehead atoms. The van der Waals surface area contributed by atoms with E-state index in [0.717, 1.165) is 10.1 Å². The lowest BCUT2D eigenvalue weighted by molar-refractivity contribution is -0.138. The van der Waals surface area contributed by atoms with Crippen LogP contribution >= 0.6 is 0 Å². The Kier molecular flexibility index (Phi) is 5.89. The number of nitrogens with zero attached hydrogens (tertiary/aromatic N) is 3. The monoisotopic (exact) mass is 426 g/mol. The number of halogens is 4. The summed E-state index contributed by atoms with van der Waals surface area (Å²) in [6.45, 7) is 4.27.